The van der Waals surface area contributed by atoms with E-state index in [-0.39, 0.29) is 53.0 Å². The van der Waals surface area contributed by atoms with Crippen LogP contribution in [0, 0.1) is 15.9 Å². The van der Waals surface area contributed by atoms with Gasteiger partial charge in [-0.05, 0) is 17.0 Å². The molecular formula is C62H63BN6OPt-2. The van der Waals surface area contributed by atoms with Gasteiger partial charge in [-0.1, -0.05) is 20.8 Å². The molecular weight excluding hydrogens is 1050 g/mol. The standard InChI is InChI=1S/C62H63BN6O.Pt/c1-59(2,3)43-28-30-64-57(37-43)68-56-39-49(26-27-50(56)53-29-31-65-69(53)63(68)13)70-48-23-19-22-47(38-48)66-40-67(55-25-18-17-24-54(55)66)58-51(41-20-15-14-16-21-41)35-46(62(10,11)12)36-52(58)42-32-44(60(4,5)6)34-45(33-42)61(7,8)9;/h14-37H,1-13H3;/q-2;/i14D,15D,16D,20D,21D;. The third kappa shape index (κ3) is 8.99. The molecule has 9 heteroatoms. The van der Waals surface area contributed by atoms with Gasteiger partial charge in [-0.25, -0.2) is 0 Å². The van der Waals surface area contributed by atoms with E-state index in [0.717, 1.165) is 71.0 Å². The molecule has 0 N–H and O–H groups in total. The van der Waals surface area contributed by atoms with Crippen LogP contribution in [0.3, 0.4) is 0 Å². The first-order valence-corrected chi connectivity index (χ1v) is 25.4. The SMILES string of the molecule is [2H]c1c([2H])c([2H])c(-c2cc(C(C)(C)C)cc(-c3cc(C(C)(C)C)cc(C(C)(C)C)c3)c2-n2[c](=[Pt])n(-c3[c-]c(Oc4[c-]c5c(cc4)-c4ccnn4B(C)N5c4cc(C(C)(C)C)ccn4)ccc3)c3ccccc32)c([2H])c1[2H]. The summed E-state index contributed by atoms with van der Waals surface area (Å²) >= 11 is 2.37. The third-order valence-electron chi connectivity index (χ3n) is 13.5. The number of ether oxygens (including phenoxy) is 1. The zero-order chi connectivity index (χ0) is 54.7. The number of nitrogens with zero attached hydrogens (tertiary/aromatic N) is 6. The van der Waals surface area contributed by atoms with Gasteiger partial charge in [0.2, 0.25) is 0 Å². The van der Waals surface area contributed by atoms with Crippen molar-refractivity contribution in [2.45, 2.75) is 112 Å². The number of anilines is 2. The number of pyridine rings is 1. The zero-order valence-corrected chi connectivity index (χ0v) is 45.2. The Hall–Kier alpha value is -6.50. The Morgan fingerprint density at radius 1 is 0.577 bits per heavy atom. The van der Waals surface area contributed by atoms with Crippen LogP contribution in [0.4, 0.5) is 11.5 Å². The molecule has 0 saturated heterocycles. The van der Waals surface area contributed by atoms with Crippen LogP contribution in [0.5, 0.6) is 11.5 Å². The molecule has 0 aliphatic carbocycles. The maximum atomic E-state index is 9.49. The number of benzene rings is 6. The number of rotatable bonds is 7. The second kappa shape index (κ2) is 17.7. The van der Waals surface area contributed by atoms with Crippen LogP contribution < -0.4 is 9.55 Å². The van der Waals surface area contributed by atoms with Gasteiger partial charge >= 0.3 is 386 Å². The summed E-state index contributed by atoms with van der Waals surface area (Å²) in [5, 5.41) is 4.71. The number of hydrogen-bond donors (Lipinski definition) is 0. The molecule has 1 aliphatic rings. The molecule has 7 nitrogen and oxygen atoms in total. The van der Waals surface area contributed by atoms with Crippen molar-refractivity contribution in [3.8, 4) is 56.4 Å². The first kappa shape index (κ1) is 42.2. The average molecular weight is 1120 g/mol. The van der Waals surface area contributed by atoms with E-state index >= 15 is 0 Å². The topological polar surface area (TPSA) is 53.0 Å². The van der Waals surface area contributed by atoms with Crippen LogP contribution in [0.15, 0.2) is 146 Å². The number of fused-ring (bicyclic) bond motifs is 4. The van der Waals surface area contributed by atoms with E-state index < -0.39 is 11.5 Å². The van der Waals surface area contributed by atoms with E-state index in [2.05, 4.69) is 184 Å². The summed E-state index contributed by atoms with van der Waals surface area (Å²) in [6.07, 6.45) is 3.69. The summed E-state index contributed by atoms with van der Waals surface area (Å²) < 4.78 is 59.4. The number of imidazole rings is 1. The van der Waals surface area contributed by atoms with Gasteiger partial charge in [0.1, 0.15) is 0 Å². The minimum absolute atomic E-state index is 0.0892. The van der Waals surface area contributed by atoms with E-state index in [0.29, 0.717) is 28.4 Å². The van der Waals surface area contributed by atoms with E-state index in [1.54, 1.807) is 0 Å². The average Bonchev–Trinajstić information content (AvgIpc) is 3.98. The van der Waals surface area contributed by atoms with Gasteiger partial charge in [0, 0.05) is 12.4 Å². The molecule has 6 aromatic carbocycles. The van der Waals surface area contributed by atoms with Crippen molar-refractivity contribution in [2.24, 2.45) is 0 Å². The van der Waals surface area contributed by atoms with E-state index in [4.69, 9.17) is 18.9 Å². The molecule has 4 heterocycles. The van der Waals surface area contributed by atoms with E-state index in [1.165, 1.54) is 0 Å². The van der Waals surface area contributed by atoms with E-state index in [1.807, 2.05) is 71.6 Å². The Morgan fingerprint density at radius 2 is 1.18 bits per heavy atom. The van der Waals surface area contributed by atoms with Crippen molar-refractivity contribution < 1.29 is 30.9 Å². The van der Waals surface area contributed by atoms with Crippen molar-refractivity contribution in [3.63, 3.8) is 0 Å². The second-order valence-corrected chi connectivity index (χ2v) is 23.8. The van der Waals surface area contributed by atoms with Gasteiger partial charge < -0.3 is 0 Å². The van der Waals surface area contributed by atoms with Crippen molar-refractivity contribution in [2.75, 3.05) is 4.81 Å². The fourth-order valence-electron chi connectivity index (χ4n) is 9.42. The predicted molar refractivity (Wildman–Crippen MR) is 290 cm³/mol. The molecule has 362 valence electrons. The quantitative estimate of drug-likeness (QED) is 0.118. The van der Waals surface area contributed by atoms with Crippen LogP contribution in [-0.4, -0.2) is 30.8 Å². The fourth-order valence-corrected chi connectivity index (χ4v) is 10.5. The molecule has 0 amide bonds. The van der Waals surface area contributed by atoms with Crippen LogP contribution in [0.25, 0.3) is 55.9 Å². The fraction of sp³-hybridized carbons (Fsp3) is 0.274. The predicted octanol–water partition coefficient (Wildman–Crippen LogP) is 15.8. The van der Waals surface area contributed by atoms with Gasteiger partial charge in [-0.15, -0.1) is 0 Å². The molecule has 0 spiro atoms. The molecule has 10 rings (SSSR count). The Kier molecular flexibility index (Phi) is 10.5. The van der Waals surface area contributed by atoms with Gasteiger partial charge in [0.15, 0.2) is 0 Å². The van der Waals surface area contributed by atoms with E-state index in [9.17, 15) is 2.74 Å². The van der Waals surface area contributed by atoms with Crippen LogP contribution in [0.1, 0.15) is 112 Å². The second-order valence-electron chi connectivity index (χ2n) is 22.8. The Balaban J connectivity index is 1.19. The van der Waals surface area contributed by atoms with Crippen molar-refractivity contribution in [3.05, 3.63) is 184 Å². The molecule has 3 aromatic heterocycles. The summed E-state index contributed by atoms with van der Waals surface area (Å²) in [6.45, 7) is 28.3. The van der Waals surface area contributed by atoms with Crippen LogP contribution >= 0.6 is 0 Å². The van der Waals surface area contributed by atoms with Crippen LogP contribution in [-0.2, 0) is 41.0 Å². The summed E-state index contributed by atoms with van der Waals surface area (Å²) in [4.78, 5) is 7.04. The molecule has 0 fully saturated rings. The summed E-state index contributed by atoms with van der Waals surface area (Å²) in [7, 11) is 0. The zero-order valence-electron chi connectivity index (χ0n) is 48.0. The molecule has 0 atom stereocenters. The monoisotopic (exact) mass is 1120 g/mol. The Bertz CT molecular complexity index is 3810. The molecule has 71 heavy (non-hydrogen) atoms. The number of para-hydroxylation sites is 2. The normalized spacial score (nSPS) is 14.2. The maximum absolute atomic E-state index is 9.49. The Labute approximate surface area is 438 Å². The van der Waals surface area contributed by atoms with Gasteiger partial charge in [0.05, 0.1) is 0 Å². The van der Waals surface area contributed by atoms with Gasteiger partial charge in [0.25, 0.3) is 0 Å². The molecule has 9 aromatic rings. The first-order valence-electron chi connectivity index (χ1n) is 26.8. The Morgan fingerprint density at radius 3 is 1.83 bits per heavy atom. The molecule has 1 aliphatic heterocycles. The van der Waals surface area contributed by atoms with Crippen molar-refractivity contribution >= 4 is 29.5 Å². The number of hydrogen-bond acceptors (Lipinski definition) is 4. The van der Waals surface area contributed by atoms with Gasteiger partial charge in [-0.2, -0.15) is 5.10 Å². The molecule has 0 bridgehead atoms. The summed E-state index contributed by atoms with van der Waals surface area (Å²) in [5.74, 6) is 1.77. The summed E-state index contributed by atoms with van der Waals surface area (Å²) in [6, 6.07) is 40.8. The third-order valence-corrected chi connectivity index (χ3v) is 14.6. The molecule has 0 saturated carbocycles. The summed E-state index contributed by atoms with van der Waals surface area (Å²) in [5.41, 5.74) is 11.9. The number of aromatic nitrogens is 5. The molecule has 0 unspecified atom stereocenters. The van der Waals surface area contributed by atoms with Crippen LogP contribution in [0.2, 0.25) is 6.82 Å². The first-order chi connectivity index (χ1) is 35.6. The van der Waals surface area contributed by atoms with Crippen molar-refractivity contribution in [1.29, 1.82) is 0 Å². The minimum atomic E-state index is -0.438. The van der Waals surface area contributed by atoms with Crippen molar-refractivity contribution in [1.82, 2.24) is 23.8 Å². The van der Waals surface area contributed by atoms with Gasteiger partial charge in [-0.3, -0.25) is 0 Å². The molecule has 0 radical (unpaired) electrons.